The lowest BCUT2D eigenvalue weighted by Gasteiger charge is -2.28. The molecule has 0 aliphatic carbocycles. The highest BCUT2D eigenvalue weighted by Crippen LogP contribution is 2.19. The highest BCUT2D eigenvalue weighted by Gasteiger charge is 2.32. The van der Waals surface area contributed by atoms with Crippen molar-refractivity contribution in [3.8, 4) is 0 Å². The van der Waals surface area contributed by atoms with Crippen molar-refractivity contribution in [2.45, 2.75) is 39.7 Å². The summed E-state index contributed by atoms with van der Waals surface area (Å²) in [4.78, 5) is 37.4. The van der Waals surface area contributed by atoms with Gasteiger partial charge in [0.05, 0.1) is 5.92 Å². The first-order valence-corrected chi connectivity index (χ1v) is 8.70. The molecule has 0 radical (unpaired) electrons. The lowest BCUT2D eigenvalue weighted by Crippen LogP contribution is -2.57. The molecule has 136 valence electrons. The minimum absolute atomic E-state index is 0.146. The summed E-state index contributed by atoms with van der Waals surface area (Å²) in [6, 6.07) is 6.96. The van der Waals surface area contributed by atoms with Crippen molar-refractivity contribution in [3.05, 3.63) is 24.3 Å². The fourth-order valence-electron chi connectivity index (χ4n) is 3.01. The Labute approximate surface area is 148 Å². The van der Waals surface area contributed by atoms with E-state index in [1.807, 2.05) is 24.3 Å². The molecule has 0 bridgehead atoms. The zero-order valence-corrected chi connectivity index (χ0v) is 15.0. The number of hydrogen-bond donors (Lipinski definition) is 3. The van der Waals surface area contributed by atoms with E-state index in [9.17, 15) is 14.4 Å². The second-order valence-corrected chi connectivity index (χ2v) is 6.16. The molecule has 0 aromatic heterocycles. The van der Waals surface area contributed by atoms with Gasteiger partial charge in [-0.05, 0) is 51.5 Å². The number of rotatable bonds is 7. The van der Waals surface area contributed by atoms with E-state index in [0.717, 1.165) is 24.5 Å². The van der Waals surface area contributed by atoms with E-state index in [-0.39, 0.29) is 24.3 Å². The van der Waals surface area contributed by atoms with Crippen LogP contribution in [0.1, 0.15) is 33.6 Å². The predicted molar refractivity (Wildman–Crippen MR) is 97.5 cm³/mol. The Kier molecular flexibility index (Phi) is 6.38. The van der Waals surface area contributed by atoms with Crippen LogP contribution in [0.25, 0.3) is 0 Å². The molecule has 1 aliphatic rings. The van der Waals surface area contributed by atoms with Crippen LogP contribution in [-0.4, -0.2) is 37.0 Å². The van der Waals surface area contributed by atoms with Crippen molar-refractivity contribution in [3.63, 3.8) is 0 Å². The number of nitrogens with zero attached hydrogens (tertiary/aromatic N) is 1. The second kappa shape index (κ2) is 8.50. The first kappa shape index (κ1) is 18.8. The number of nitrogens with one attached hydrogen (secondary N) is 3. The van der Waals surface area contributed by atoms with E-state index >= 15 is 0 Å². The van der Waals surface area contributed by atoms with Gasteiger partial charge in [-0.25, -0.2) is 4.79 Å². The number of carbonyl (C=O) groups excluding carboxylic acids is 3. The Balaban J connectivity index is 1.86. The summed E-state index contributed by atoms with van der Waals surface area (Å²) in [6.07, 6.45) is 0.604. The molecule has 7 nitrogen and oxygen atoms in total. The van der Waals surface area contributed by atoms with Crippen LogP contribution in [0.3, 0.4) is 0 Å². The number of carbonyl (C=O) groups is 3. The average Bonchev–Trinajstić information content (AvgIpc) is 2.56. The van der Waals surface area contributed by atoms with Gasteiger partial charge in [-0.1, -0.05) is 0 Å². The number of urea groups is 1. The molecule has 1 aromatic rings. The van der Waals surface area contributed by atoms with Crippen molar-refractivity contribution in [1.82, 2.24) is 10.6 Å². The summed E-state index contributed by atoms with van der Waals surface area (Å²) in [5.41, 5.74) is 1.85. The molecule has 1 saturated heterocycles. The van der Waals surface area contributed by atoms with E-state index in [1.54, 1.807) is 6.92 Å². The fraction of sp³-hybridized carbons (Fsp3) is 0.500. The maximum absolute atomic E-state index is 12.1. The van der Waals surface area contributed by atoms with Gasteiger partial charge in [-0.15, -0.1) is 0 Å². The monoisotopic (exact) mass is 346 g/mol. The first-order valence-electron chi connectivity index (χ1n) is 8.70. The van der Waals surface area contributed by atoms with E-state index in [2.05, 4.69) is 34.7 Å². The lowest BCUT2D eigenvalue weighted by molar-refractivity contribution is -0.126. The van der Waals surface area contributed by atoms with Gasteiger partial charge in [-0.3, -0.25) is 14.9 Å². The van der Waals surface area contributed by atoms with Crippen LogP contribution >= 0.6 is 0 Å². The fourth-order valence-corrected chi connectivity index (χ4v) is 3.01. The van der Waals surface area contributed by atoms with E-state index < -0.39 is 11.9 Å². The Morgan fingerprint density at radius 1 is 1.16 bits per heavy atom. The molecule has 1 heterocycles. The maximum atomic E-state index is 12.1. The highest BCUT2D eigenvalue weighted by atomic mass is 16.2. The van der Waals surface area contributed by atoms with Crippen LogP contribution in [-0.2, 0) is 9.59 Å². The van der Waals surface area contributed by atoms with Gasteiger partial charge >= 0.3 is 6.03 Å². The highest BCUT2D eigenvalue weighted by molar-refractivity contribution is 5.99. The molecule has 2 rings (SSSR count). The van der Waals surface area contributed by atoms with Crippen molar-refractivity contribution in [2.24, 2.45) is 5.92 Å². The van der Waals surface area contributed by atoms with Gasteiger partial charge in [0.15, 0.2) is 0 Å². The van der Waals surface area contributed by atoms with Crippen molar-refractivity contribution in [1.29, 1.82) is 0 Å². The Bertz CT molecular complexity index is 626. The molecule has 4 amide bonds. The van der Waals surface area contributed by atoms with Gasteiger partial charge in [-0.2, -0.15) is 0 Å². The smallest absolute Gasteiger partial charge is 0.321 e. The molecule has 25 heavy (non-hydrogen) atoms. The van der Waals surface area contributed by atoms with Gasteiger partial charge in [0, 0.05) is 36.9 Å². The standard InChI is InChI=1S/C18H26N4O3/c1-4-22(5-2)14-8-6-13(7-9-14)20-16(23)11-10-15-12(3)19-18(25)21-17(15)24/h6-9,12,15H,4-5,10-11H2,1-3H3,(H,20,23)(H2,19,21,24,25). The van der Waals surface area contributed by atoms with E-state index in [1.165, 1.54) is 0 Å². The minimum Gasteiger partial charge on any atom is -0.372 e. The third kappa shape index (κ3) is 4.95. The van der Waals surface area contributed by atoms with E-state index in [4.69, 9.17) is 0 Å². The van der Waals surface area contributed by atoms with Gasteiger partial charge < -0.3 is 15.5 Å². The first-order chi connectivity index (χ1) is 11.9. The summed E-state index contributed by atoms with van der Waals surface area (Å²) < 4.78 is 0. The summed E-state index contributed by atoms with van der Waals surface area (Å²) >= 11 is 0. The Morgan fingerprint density at radius 2 is 1.80 bits per heavy atom. The second-order valence-electron chi connectivity index (χ2n) is 6.16. The van der Waals surface area contributed by atoms with Crippen molar-refractivity contribution < 1.29 is 14.4 Å². The molecule has 7 heteroatoms. The summed E-state index contributed by atoms with van der Waals surface area (Å²) in [5, 5.41) is 7.74. The molecule has 0 spiro atoms. The molecule has 2 atom stereocenters. The van der Waals surface area contributed by atoms with Crippen molar-refractivity contribution in [2.75, 3.05) is 23.3 Å². The van der Waals surface area contributed by atoms with Crippen LogP contribution in [0.15, 0.2) is 24.3 Å². The molecular formula is C18H26N4O3. The molecular weight excluding hydrogens is 320 g/mol. The molecule has 3 N–H and O–H groups in total. The summed E-state index contributed by atoms with van der Waals surface area (Å²) in [7, 11) is 0. The number of hydrogen-bond acceptors (Lipinski definition) is 4. The minimum atomic E-state index is -0.480. The van der Waals surface area contributed by atoms with Crippen LogP contribution in [0.4, 0.5) is 16.2 Å². The van der Waals surface area contributed by atoms with Gasteiger partial charge in [0.1, 0.15) is 0 Å². The molecule has 1 fully saturated rings. The third-order valence-electron chi connectivity index (χ3n) is 4.50. The number of amides is 4. The summed E-state index contributed by atoms with van der Waals surface area (Å²) in [5.74, 6) is -0.867. The number of anilines is 2. The van der Waals surface area contributed by atoms with Gasteiger partial charge in [0.25, 0.3) is 0 Å². The van der Waals surface area contributed by atoms with E-state index in [0.29, 0.717) is 6.42 Å². The van der Waals surface area contributed by atoms with Crippen LogP contribution < -0.4 is 20.9 Å². The molecule has 0 saturated carbocycles. The molecule has 1 aliphatic heterocycles. The molecule has 1 aromatic carbocycles. The number of imide groups is 1. The van der Waals surface area contributed by atoms with Crippen LogP contribution in [0, 0.1) is 5.92 Å². The summed E-state index contributed by atoms with van der Waals surface area (Å²) in [6.45, 7) is 7.83. The maximum Gasteiger partial charge on any atom is 0.321 e. The Morgan fingerprint density at radius 3 is 2.36 bits per heavy atom. The number of benzene rings is 1. The SMILES string of the molecule is CCN(CC)c1ccc(NC(=O)CCC2C(=O)NC(=O)NC2C)cc1. The quantitative estimate of drug-likeness (QED) is 0.705. The molecule has 2 unspecified atom stereocenters. The normalized spacial score (nSPS) is 19.8. The van der Waals surface area contributed by atoms with Crippen LogP contribution in [0.2, 0.25) is 0 Å². The van der Waals surface area contributed by atoms with Crippen LogP contribution in [0.5, 0.6) is 0 Å². The Hall–Kier alpha value is -2.57. The van der Waals surface area contributed by atoms with Gasteiger partial charge in [0.2, 0.25) is 11.8 Å². The average molecular weight is 346 g/mol. The largest absolute Gasteiger partial charge is 0.372 e. The predicted octanol–water partition coefficient (Wildman–Crippen LogP) is 2.10. The zero-order chi connectivity index (χ0) is 18.4. The zero-order valence-electron chi connectivity index (χ0n) is 15.0. The van der Waals surface area contributed by atoms with Crippen molar-refractivity contribution >= 4 is 29.2 Å². The lowest BCUT2D eigenvalue weighted by atomic mass is 9.93. The third-order valence-corrected chi connectivity index (χ3v) is 4.50. The topological polar surface area (TPSA) is 90.5 Å².